The average molecular weight is 957 g/mol. The fourth-order valence-corrected chi connectivity index (χ4v) is 7.38. The number of ketones is 1. The molecule has 1 aliphatic carbocycles. The minimum atomic E-state index is -1.47. The third-order valence-electron chi connectivity index (χ3n) is 11.1. The predicted octanol–water partition coefficient (Wildman–Crippen LogP) is 10.7. The van der Waals surface area contributed by atoms with Crippen LogP contribution in [0, 0.1) is 10.8 Å². The molecule has 1 rings (SSSR count). The molecule has 13 heteroatoms. The molecule has 378 valence electrons. The van der Waals surface area contributed by atoms with E-state index >= 15 is 0 Å². The number of carbonyl (C=O) groups excluding carboxylic acids is 6. The molecule has 1 aliphatic rings. The molecule has 0 aromatic rings. The van der Waals surface area contributed by atoms with Gasteiger partial charge in [0.1, 0.15) is 30.9 Å². The Morgan fingerprint density at radius 3 is 1.83 bits per heavy atom. The average Bonchev–Trinajstić information content (AvgIpc) is 3.26. The van der Waals surface area contributed by atoms with Crippen LogP contribution in [0.4, 0.5) is 0 Å². The highest BCUT2D eigenvalue weighted by molar-refractivity contribution is 6.01. The van der Waals surface area contributed by atoms with Crippen molar-refractivity contribution < 1.29 is 63.0 Å². The van der Waals surface area contributed by atoms with Crippen molar-refractivity contribution in [1.29, 1.82) is 0 Å². The van der Waals surface area contributed by atoms with E-state index in [2.05, 4.69) is 0 Å². The monoisotopic (exact) mass is 957 g/mol. The summed E-state index contributed by atoms with van der Waals surface area (Å²) in [5, 5.41) is 29.5. The zero-order valence-corrected chi connectivity index (χ0v) is 42.9. The molecule has 0 aromatic heterocycles. The molecule has 69 heavy (non-hydrogen) atoms. The molecule has 0 aliphatic heterocycles. The van der Waals surface area contributed by atoms with Gasteiger partial charge in [-0.15, -0.1) is 0 Å². The predicted molar refractivity (Wildman–Crippen MR) is 270 cm³/mol. The number of esters is 3. The summed E-state index contributed by atoms with van der Waals surface area (Å²) in [4.78, 5) is 72.5. The standard InChI is InChI=1S/C56H76O13/c1-37(2)45(55(9,10)33-44(35-58)68-50(62)25-18-32-57)28-26-40(5)23-16-21-38(3)19-14-15-20-39(4)22-17-24-41(6)27-29-46-42(7)52(64)48(34-56(46,11)12)69-51(63)31-30-49(61)67-36-47(60)54(66-13)53(65)43(8)59/h14-17,19-24,26-29,32,35,44,47-48,54,59-60,65H,18,25,30-31,33-34,36H2,1-13H3/b15-14+,21-16+,22-17+,28-26+,29-27+,38-19+,39-20+,40-23+,41-24+,53-43-. The topological polar surface area (TPSA) is 200 Å². The Balaban J connectivity index is 2.82. The summed E-state index contributed by atoms with van der Waals surface area (Å²) in [5.41, 5.74) is 6.57. The lowest BCUT2D eigenvalue weighted by Gasteiger charge is -2.36. The number of carbonyl (C=O) groups is 6. The summed E-state index contributed by atoms with van der Waals surface area (Å²) in [7, 11) is 1.20. The van der Waals surface area contributed by atoms with Crippen molar-refractivity contribution in [3.05, 3.63) is 141 Å². The highest BCUT2D eigenvalue weighted by Gasteiger charge is 2.40. The normalized spacial score (nSPS) is 18.2. The van der Waals surface area contributed by atoms with Gasteiger partial charge >= 0.3 is 17.9 Å². The molecule has 0 fully saturated rings. The summed E-state index contributed by atoms with van der Waals surface area (Å²) >= 11 is 0. The fourth-order valence-electron chi connectivity index (χ4n) is 7.38. The Bertz CT molecular complexity index is 2200. The van der Waals surface area contributed by atoms with Gasteiger partial charge in [0, 0.05) is 26.4 Å². The van der Waals surface area contributed by atoms with Crippen molar-refractivity contribution in [2.24, 2.45) is 10.8 Å². The van der Waals surface area contributed by atoms with Crippen LogP contribution in [0.15, 0.2) is 141 Å². The Labute approximate surface area is 409 Å². The molecule has 0 spiro atoms. The second-order valence-corrected chi connectivity index (χ2v) is 18.6. The molecule has 4 unspecified atom stereocenters. The van der Waals surface area contributed by atoms with Crippen molar-refractivity contribution in [2.75, 3.05) is 13.7 Å². The molecule has 4 atom stereocenters. The van der Waals surface area contributed by atoms with Crippen LogP contribution in [0.5, 0.6) is 0 Å². The van der Waals surface area contributed by atoms with Crippen molar-refractivity contribution in [3.63, 3.8) is 0 Å². The van der Waals surface area contributed by atoms with Gasteiger partial charge in [-0.25, -0.2) is 0 Å². The van der Waals surface area contributed by atoms with Gasteiger partial charge in [-0.2, -0.15) is 0 Å². The Kier molecular flexibility index (Phi) is 26.7. The smallest absolute Gasteiger partial charge is 0.307 e. The van der Waals surface area contributed by atoms with E-state index in [1.165, 1.54) is 14.0 Å². The van der Waals surface area contributed by atoms with Crippen LogP contribution >= 0.6 is 0 Å². The van der Waals surface area contributed by atoms with Crippen LogP contribution in [0.25, 0.3) is 0 Å². The number of rotatable bonds is 27. The number of hydrogen-bond acceptors (Lipinski definition) is 13. The molecule has 0 aromatic carbocycles. The Morgan fingerprint density at radius 2 is 1.30 bits per heavy atom. The highest BCUT2D eigenvalue weighted by Crippen LogP contribution is 2.41. The third-order valence-corrected chi connectivity index (χ3v) is 11.1. The molecule has 0 amide bonds. The lowest BCUT2D eigenvalue weighted by atomic mass is 9.71. The van der Waals surface area contributed by atoms with Gasteiger partial charge in [0.2, 0.25) is 0 Å². The van der Waals surface area contributed by atoms with Gasteiger partial charge in [0.05, 0.1) is 19.3 Å². The number of aliphatic hydroxyl groups is 3. The largest absolute Gasteiger partial charge is 0.509 e. The van der Waals surface area contributed by atoms with E-state index in [-0.39, 0.29) is 37.9 Å². The quantitative estimate of drug-likeness (QED) is 0.0231. The van der Waals surface area contributed by atoms with E-state index < -0.39 is 71.3 Å². The van der Waals surface area contributed by atoms with Gasteiger partial charge in [-0.05, 0) is 82.9 Å². The molecule has 3 N–H and O–H groups in total. The Morgan fingerprint density at radius 1 is 0.768 bits per heavy atom. The van der Waals surface area contributed by atoms with E-state index in [1.807, 2.05) is 154 Å². The SMILES string of the molecule is COC(/C(O)=C(\C)O)C(O)COC(=O)CCC(=O)OC1CC(C)(C)C(/C=C/C(C)=C/C=C/C(C)=C/C=C/C=C(C)/C=C/C=C(C)/C=C/C(=C(C)C)C(C)(C)CC(C=O)OC(=O)CCC=O)=C(C)C1=O. The first kappa shape index (κ1) is 60.8. The molecule has 13 nitrogen and oxygen atoms in total. The van der Waals surface area contributed by atoms with Gasteiger partial charge < -0.3 is 39.1 Å². The summed E-state index contributed by atoms with van der Waals surface area (Å²) in [6.45, 7) is 22.3. The van der Waals surface area contributed by atoms with Crippen LogP contribution in [-0.4, -0.2) is 89.7 Å². The third kappa shape index (κ3) is 22.7. The molecule has 0 bridgehead atoms. The molecule has 0 heterocycles. The van der Waals surface area contributed by atoms with Crippen LogP contribution in [-0.2, 0) is 47.7 Å². The first-order chi connectivity index (χ1) is 32.3. The molecule has 0 radical (unpaired) electrons. The van der Waals surface area contributed by atoms with E-state index in [9.17, 15) is 44.1 Å². The van der Waals surface area contributed by atoms with Gasteiger partial charge in [-0.1, -0.05) is 141 Å². The van der Waals surface area contributed by atoms with Crippen LogP contribution in [0.1, 0.15) is 122 Å². The van der Waals surface area contributed by atoms with Gasteiger partial charge in [-0.3, -0.25) is 24.0 Å². The van der Waals surface area contributed by atoms with Gasteiger partial charge in [0.25, 0.3) is 0 Å². The first-order valence-corrected chi connectivity index (χ1v) is 23.0. The Hall–Kier alpha value is -6.18. The number of Topliss-reactive ketones (excluding diaryl/α,β-unsaturated/α-hetero) is 1. The summed E-state index contributed by atoms with van der Waals surface area (Å²) in [6, 6.07) is 0. The van der Waals surface area contributed by atoms with Gasteiger partial charge in [0.15, 0.2) is 30.0 Å². The lowest BCUT2D eigenvalue weighted by molar-refractivity contribution is -0.159. The fraction of sp³-hybridized carbons (Fsp3) is 0.464. The maximum Gasteiger partial charge on any atom is 0.307 e. The van der Waals surface area contributed by atoms with E-state index in [1.54, 1.807) is 6.92 Å². The molecule has 0 saturated heterocycles. The van der Waals surface area contributed by atoms with Crippen LogP contribution in [0.2, 0.25) is 0 Å². The number of allylic oxidation sites excluding steroid dienone is 22. The molecule has 0 saturated carbocycles. The van der Waals surface area contributed by atoms with Crippen molar-refractivity contribution in [3.8, 4) is 0 Å². The number of aliphatic hydroxyl groups excluding tert-OH is 3. The maximum atomic E-state index is 13.3. The highest BCUT2D eigenvalue weighted by atomic mass is 16.6. The lowest BCUT2D eigenvalue weighted by Crippen LogP contribution is -2.39. The van der Waals surface area contributed by atoms with Crippen LogP contribution in [0.3, 0.4) is 0 Å². The second-order valence-electron chi connectivity index (χ2n) is 18.6. The summed E-state index contributed by atoms with van der Waals surface area (Å²) in [6.07, 6.45) is 24.3. The number of hydrogen-bond donors (Lipinski definition) is 3. The second kappa shape index (κ2) is 30.3. The number of ether oxygens (including phenoxy) is 4. The first-order valence-electron chi connectivity index (χ1n) is 23.0. The van der Waals surface area contributed by atoms with Crippen LogP contribution < -0.4 is 0 Å². The minimum Gasteiger partial charge on any atom is -0.509 e. The minimum absolute atomic E-state index is 0.0505. The van der Waals surface area contributed by atoms with E-state index in [4.69, 9.17) is 18.9 Å². The zero-order valence-electron chi connectivity index (χ0n) is 42.9. The molecular formula is C56H76O13. The van der Waals surface area contributed by atoms with E-state index in [0.29, 0.717) is 24.6 Å². The molecular weight excluding hydrogens is 881 g/mol. The number of methoxy groups -OCH3 is 1. The summed E-state index contributed by atoms with van der Waals surface area (Å²) in [5.74, 6) is -3.48. The van der Waals surface area contributed by atoms with Crippen molar-refractivity contribution >= 4 is 36.3 Å². The van der Waals surface area contributed by atoms with Crippen molar-refractivity contribution in [1.82, 2.24) is 0 Å². The van der Waals surface area contributed by atoms with Crippen molar-refractivity contribution in [2.45, 2.75) is 146 Å². The summed E-state index contributed by atoms with van der Waals surface area (Å²) < 4.78 is 20.8. The number of aldehydes is 2. The zero-order chi connectivity index (χ0) is 52.5. The maximum absolute atomic E-state index is 13.3. The van der Waals surface area contributed by atoms with E-state index in [0.717, 1.165) is 39.0 Å².